The molecule has 2 aromatic carbocycles. The van der Waals surface area contributed by atoms with Crippen LogP contribution in [-0.2, 0) is 4.79 Å². The van der Waals surface area contributed by atoms with Gasteiger partial charge in [0, 0.05) is 22.3 Å². The van der Waals surface area contributed by atoms with E-state index < -0.39 is 0 Å². The van der Waals surface area contributed by atoms with Crippen molar-refractivity contribution < 1.29 is 21.9 Å². The average molecular weight is 441 g/mol. The molecule has 0 N–H and O–H groups in total. The molecule has 3 heterocycles. The van der Waals surface area contributed by atoms with Crippen LogP contribution in [0.1, 0.15) is 12.8 Å². The number of amides is 1. The molecule has 4 nitrogen and oxygen atoms in total. The topological polar surface area (TPSA) is 32.8 Å². The molecule has 1 atom stereocenters. The summed E-state index contributed by atoms with van der Waals surface area (Å²) in [5, 5.41) is 1.31. The summed E-state index contributed by atoms with van der Waals surface area (Å²) in [5.41, 5.74) is 0.878. The first-order valence-electron chi connectivity index (χ1n) is 9.28. The van der Waals surface area contributed by atoms with Crippen LogP contribution in [0.25, 0.3) is 0 Å². The molecule has 0 aromatic heterocycles. The number of anilines is 1. The molecular weight excluding hydrogens is 419 g/mol. The van der Waals surface area contributed by atoms with Gasteiger partial charge in [-0.3, -0.25) is 4.79 Å². The Morgan fingerprint density at radius 1 is 1.00 bits per heavy atom. The molecule has 3 fully saturated rings. The van der Waals surface area contributed by atoms with Crippen molar-refractivity contribution in [1.82, 2.24) is 4.90 Å². The number of rotatable bonds is 5. The minimum Gasteiger partial charge on any atom is -1.00 e. The summed E-state index contributed by atoms with van der Waals surface area (Å²) in [6.07, 6.45) is 2.28. The zero-order chi connectivity index (χ0) is 18.8. The van der Waals surface area contributed by atoms with Crippen LogP contribution >= 0.6 is 23.2 Å². The summed E-state index contributed by atoms with van der Waals surface area (Å²) in [6.45, 7) is 3.17. The van der Waals surface area contributed by atoms with Crippen molar-refractivity contribution in [1.29, 1.82) is 0 Å². The number of carbonyl (C=O) groups excluding carboxylic acids is 1. The standard InChI is InChI=1S/C21H22Cl2N2O2.ClH/c22-16-1-5-18(6-2-16)25(20-13-24-11-9-15(20)10-12-24)21(26)14-27-19-7-3-17(23)4-8-19;/h1-8,15,20H,9-14H2;1H/p-1. The van der Waals surface area contributed by atoms with E-state index in [1.54, 1.807) is 24.3 Å². The normalized spacial score (nSPS) is 23.0. The Bertz CT molecular complexity index is 790. The number of ether oxygens (including phenoxy) is 1. The second-order valence-electron chi connectivity index (χ2n) is 7.19. The molecule has 0 spiro atoms. The van der Waals surface area contributed by atoms with E-state index in [-0.39, 0.29) is 31.0 Å². The summed E-state index contributed by atoms with van der Waals surface area (Å²) in [5.74, 6) is 1.13. The van der Waals surface area contributed by atoms with E-state index in [1.807, 2.05) is 29.2 Å². The van der Waals surface area contributed by atoms with Crippen LogP contribution < -0.4 is 22.0 Å². The van der Waals surface area contributed by atoms with Gasteiger partial charge in [0.2, 0.25) is 0 Å². The SMILES string of the molecule is O=C(COc1ccc(Cl)cc1)N(c1ccc(Cl)cc1)C1CN2CCC1CC2.[Cl-]. The predicted octanol–water partition coefficient (Wildman–Crippen LogP) is 1.50. The maximum Gasteiger partial charge on any atom is 0.265 e. The van der Waals surface area contributed by atoms with Crippen molar-refractivity contribution >= 4 is 34.8 Å². The highest BCUT2D eigenvalue weighted by Gasteiger charge is 2.40. The zero-order valence-electron chi connectivity index (χ0n) is 15.4. The van der Waals surface area contributed by atoms with Crippen LogP contribution in [0.4, 0.5) is 5.69 Å². The molecule has 28 heavy (non-hydrogen) atoms. The van der Waals surface area contributed by atoms with Crippen LogP contribution in [0, 0.1) is 5.92 Å². The van der Waals surface area contributed by atoms with Gasteiger partial charge in [0.1, 0.15) is 5.75 Å². The van der Waals surface area contributed by atoms with Gasteiger partial charge >= 0.3 is 0 Å². The van der Waals surface area contributed by atoms with Gasteiger partial charge in [0.15, 0.2) is 6.61 Å². The lowest BCUT2D eigenvalue weighted by atomic mass is 9.83. The number of carbonyl (C=O) groups is 1. The molecule has 5 rings (SSSR count). The molecule has 2 bridgehead atoms. The number of benzene rings is 2. The second-order valence-corrected chi connectivity index (χ2v) is 8.06. The number of hydrogen-bond acceptors (Lipinski definition) is 3. The Labute approximate surface area is 181 Å². The molecule has 0 radical (unpaired) electrons. The molecule has 1 unspecified atom stereocenters. The maximum absolute atomic E-state index is 13.2. The summed E-state index contributed by atoms with van der Waals surface area (Å²) in [7, 11) is 0. The zero-order valence-corrected chi connectivity index (χ0v) is 17.6. The van der Waals surface area contributed by atoms with E-state index >= 15 is 0 Å². The van der Waals surface area contributed by atoms with Gasteiger partial charge in [-0.15, -0.1) is 0 Å². The lowest BCUT2D eigenvalue weighted by Crippen LogP contribution is -3.00. The van der Waals surface area contributed by atoms with Crippen LogP contribution in [-0.4, -0.2) is 43.1 Å². The van der Waals surface area contributed by atoms with Gasteiger partial charge in [-0.2, -0.15) is 0 Å². The molecular formula is C21H22Cl3N2O2-. The fourth-order valence-corrected chi connectivity index (χ4v) is 4.35. The Hall–Kier alpha value is -1.46. The van der Waals surface area contributed by atoms with E-state index in [1.165, 1.54) is 0 Å². The highest BCUT2D eigenvalue weighted by molar-refractivity contribution is 6.30. The quantitative estimate of drug-likeness (QED) is 0.706. The van der Waals surface area contributed by atoms with E-state index in [9.17, 15) is 4.79 Å². The minimum absolute atomic E-state index is 0. The highest BCUT2D eigenvalue weighted by atomic mass is 35.5. The Kier molecular flexibility index (Phi) is 7.10. The van der Waals surface area contributed by atoms with Gasteiger partial charge in [-0.25, -0.2) is 0 Å². The average Bonchev–Trinajstić information content (AvgIpc) is 2.70. The number of hydrogen-bond donors (Lipinski definition) is 0. The van der Waals surface area contributed by atoms with Crippen molar-refractivity contribution in [3.05, 3.63) is 58.6 Å². The summed E-state index contributed by atoms with van der Waals surface area (Å²) >= 11 is 12.0. The smallest absolute Gasteiger partial charge is 0.265 e. The fourth-order valence-electron chi connectivity index (χ4n) is 4.09. The molecule has 3 aliphatic rings. The predicted molar refractivity (Wildman–Crippen MR) is 109 cm³/mol. The van der Waals surface area contributed by atoms with Gasteiger partial charge in [-0.1, -0.05) is 23.2 Å². The molecule has 3 aliphatic heterocycles. The van der Waals surface area contributed by atoms with Gasteiger partial charge in [-0.05, 0) is 80.4 Å². The van der Waals surface area contributed by atoms with Crippen molar-refractivity contribution in [3.8, 4) is 5.75 Å². The molecule has 2 aromatic rings. The van der Waals surface area contributed by atoms with Gasteiger partial charge in [0.25, 0.3) is 5.91 Å². The molecule has 0 saturated carbocycles. The van der Waals surface area contributed by atoms with Crippen molar-refractivity contribution in [2.75, 3.05) is 31.1 Å². The number of nitrogens with zero attached hydrogens (tertiary/aromatic N) is 2. The van der Waals surface area contributed by atoms with Crippen LogP contribution in [0.5, 0.6) is 5.75 Å². The molecule has 7 heteroatoms. The first kappa shape index (κ1) is 21.3. The van der Waals surface area contributed by atoms with E-state index in [4.69, 9.17) is 27.9 Å². The highest BCUT2D eigenvalue weighted by Crippen LogP contribution is 2.34. The Balaban J connectivity index is 0.00000225. The van der Waals surface area contributed by atoms with E-state index in [2.05, 4.69) is 4.90 Å². The van der Waals surface area contributed by atoms with E-state index in [0.29, 0.717) is 21.7 Å². The van der Waals surface area contributed by atoms with Crippen molar-refractivity contribution in [3.63, 3.8) is 0 Å². The minimum atomic E-state index is -0.0361. The Morgan fingerprint density at radius 2 is 1.57 bits per heavy atom. The molecule has 150 valence electrons. The number of halogens is 3. The van der Waals surface area contributed by atoms with Crippen molar-refractivity contribution in [2.24, 2.45) is 5.92 Å². The number of fused-ring (bicyclic) bond motifs is 3. The largest absolute Gasteiger partial charge is 1.00 e. The third-order valence-electron chi connectivity index (χ3n) is 5.50. The van der Waals surface area contributed by atoms with Crippen LogP contribution in [0.3, 0.4) is 0 Å². The maximum atomic E-state index is 13.2. The molecule has 3 saturated heterocycles. The molecule has 0 aliphatic carbocycles. The number of piperidine rings is 3. The van der Waals surface area contributed by atoms with Crippen molar-refractivity contribution in [2.45, 2.75) is 18.9 Å². The third kappa shape index (κ3) is 4.74. The Morgan fingerprint density at radius 3 is 2.11 bits per heavy atom. The summed E-state index contributed by atoms with van der Waals surface area (Å²) < 4.78 is 5.73. The first-order valence-corrected chi connectivity index (χ1v) is 10.0. The summed E-state index contributed by atoms with van der Waals surface area (Å²) in [4.78, 5) is 17.5. The van der Waals surface area contributed by atoms with Crippen LogP contribution in [0.2, 0.25) is 10.0 Å². The van der Waals surface area contributed by atoms with E-state index in [0.717, 1.165) is 38.2 Å². The monoisotopic (exact) mass is 439 g/mol. The van der Waals surface area contributed by atoms with Crippen LogP contribution in [0.15, 0.2) is 48.5 Å². The summed E-state index contributed by atoms with van der Waals surface area (Å²) in [6, 6.07) is 14.7. The molecule has 1 amide bonds. The van der Waals surface area contributed by atoms with Gasteiger partial charge in [0.05, 0.1) is 6.04 Å². The lowest BCUT2D eigenvalue weighted by molar-refractivity contribution is -0.122. The first-order chi connectivity index (χ1) is 13.1. The lowest BCUT2D eigenvalue weighted by Gasteiger charge is -2.49. The third-order valence-corrected chi connectivity index (χ3v) is 6.01. The fraction of sp³-hybridized carbons (Fsp3) is 0.381. The second kappa shape index (κ2) is 9.36. The van der Waals surface area contributed by atoms with Gasteiger partial charge < -0.3 is 26.9 Å².